The molecule has 0 fully saturated rings. The van der Waals surface area contributed by atoms with Crippen LogP contribution in [0.1, 0.15) is 29.2 Å². The van der Waals surface area contributed by atoms with Gasteiger partial charge in [-0.2, -0.15) is 0 Å². The highest BCUT2D eigenvalue weighted by molar-refractivity contribution is 8.00. The summed E-state index contributed by atoms with van der Waals surface area (Å²) in [5, 5.41) is 3.63. The van der Waals surface area contributed by atoms with Crippen LogP contribution in [0, 0.1) is 27.7 Å². The monoisotopic (exact) mass is 379 g/mol. The van der Waals surface area contributed by atoms with E-state index in [0.29, 0.717) is 0 Å². The number of aromatic nitrogens is 2. The van der Waals surface area contributed by atoms with E-state index in [1.807, 2.05) is 43.7 Å². The second-order valence-corrected chi connectivity index (χ2v) is 8.25. The molecule has 27 heavy (non-hydrogen) atoms. The van der Waals surface area contributed by atoms with E-state index in [0.717, 1.165) is 27.7 Å². The van der Waals surface area contributed by atoms with Gasteiger partial charge in [0.1, 0.15) is 0 Å². The van der Waals surface area contributed by atoms with Crippen molar-refractivity contribution in [1.82, 2.24) is 9.55 Å². The Morgan fingerprint density at radius 2 is 1.78 bits per heavy atom. The maximum atomic E-state index is 12.8. The number of amides is 1. The normalized spacial score (nSPS) is 12.0. The van der Waals surface area contributed by atoms with E-state index in [9.17, 15) is 4.79 Å². The van der Waals surface area contributed by atoms with Gasteiger partial charge in [0.2, 0.25) is 5.91 Å². The number of thioether (sulfide) groups is 1. The number of rotatable bonds is 5. The molecule has 5 heteroatoms. The Morgan fingerprint density at radius 1 is 1.07 bits per heavy atom. The van der Waals surface area contributed by atoms with Crippen LogP contribution in [0.2, 0.25) is 0 Å². The minimum Gasteiger partial charge on any atom is -0.325 e. The molecule has 0 aliphatic rings. The Kier molecular flexibility index (Phi) is 5.71. The van der Waals surface area contributed by atoms with E-state index < -0.39 is 0 Å². The average molecular weight is 380 g/mol. The molecular weight excluding hydrogens is 354 g/mol. The number of aryl methyl sites for hydroxylation is 4. The summed E-state index contributed by atoms with van der Waals surface area (Å²) in [5.74, 6) is -0.0196. The smallest absolute Gasteiger partial charge is 0.237 e. The molecule has 0 bridgehead atoms. The van der Waals surface area contributed by atoms with E-state index in [-0.39, 0.29) is 11.2 Å². The largest absolute Gasteiger partial charge is 0.325 e. The van der Waals surface area contributed by atoms with Crippen molar-refractivity contribution in [2.75, 3.05) is 5.32 Å². The second-order valence-electron chi connectivity index (χ2n) is 6.94. The summed E-state index contributed by atoms with van der Waals surface area (Å²) in [6.45, 7) is 10.1. The third kappa shape index (κ3) is 4.42. The van der Waals surface area contributed by atoms with Crippen molar-refractivity contribution in [3.05, 3.63) is 71.0 Å². The molecule has 1 amide bonds. The van der Waals surface area contributed by atoms with Gasteiger partial charge >= 0.3 is 0 Å². The Hall–Kier alpha value is -2.53. The predicted octanol–water partition coefficient (Wildman–Crippen LogP) is 5.23. The molecule has 0 saturated heterocycles. The van der Waals surface area contributed by atoms with Crippen molar-refractivity contribution in [3.63, 3.8) is 0 Å². The maximum absolute atomic E-state index is 12.8. The number of benzene rings is 2. The fourth-order valence-electron chi connectivity index (χ4n) is 3.16. The highest BCUT2D eigenvalue weighted by Gasteiger charge is 2.19. The molecule has 2 aromatic carbocycles. The third-order valence-electron chi connectivity index (χ3n) is 4.46. The highest BCUT2D eigenvalue weighted by atomic mass is 32.2. The van der Waals surface area contributed by atoms with Gasteiger partial charge in [-0.25, -0.2) is 4.98 Å². The van der Waals surface area contributed by atoms with Crippen LogP contribution in [-0.2, 0) is 4.79 Å². The van der Waals surface area contributed by atoms with Crippen molar-refractivity contribution in [3.8, 4) is 5.69 Å². The first-order valence-corrected chi connectivity index (χ1v) is 9.89. The molecule has 1 heterocycles. The number of carbonyl (C=O) groups excluding carboxylic acids is 1. The zero-order valence-electron chi connectivity index (χ0n) is 16.4. The van der Waals surface area contributed by atoms with Crippen LogP contribution < -0.4 is 5.32 Å². The SMILES string of the molecule is Cc1cccc(-n2ccnc2S[C@H](C)C(=O)Nc2c(C)cc(C)cc2C)c1. The molecule has 1 atom stereocenters. The minimum absolute atomic E-state index is 0.0196. The topological polar surface area (TPSA) is 46.9 Å². The molecule has 0 unspecified atom stereocenters. The lowest BCUT2D eigenvalue weighted by molar-refractivity contribution is -0.115. The van der Waals surface area contributed by atoms with Gasteiger partial charge in [-0.15, -0.1) is 0 Å². The third-order valence-corrected chi connectivity index (χ3v) is 5.54. The van der Waals surface area contributed by atoms with Crippen LogP contribution in [0.4, 0.5) is 5.69 Å². The number of carbonyl (C=O) groups is 1. The van der Waals surface area contributed by atoms with Gasteiger partial charge in [0.15, 0.2) is 5.16 Å². The van der Waals surface area contributed by atoms with Crippen LogP contribution in [-0.4, -0.2) is 20.7 Å². The van der Waals surface area contributed by atoms with Crippen molar-refractivity contribution >= 4 is 23.4 Å². The van der Waals surface area contributed by atoms with Crippen LogP contribution in [0.5, 0.6) is 0 Å². The summed E-state index contributed by atoms with van der Waals surface area (Å²) in [5.41, 5.74) is 6.50. The summed E-state index contributed by atoms with van der Waals surface area (Å²) >= 11 is 1.46. The van der Waals surface area contributed by atoms with E-state index in [4.69, 9.17) is 0 Å². The predicted molar refractivity (Wildman–Crippen MR) is 113 cm³/mol. The molecule has 3 rings (SSSR count). The summed E-state index contributed by atoms with van der Waals surface area (Å²) in [4.78, 5) is 17.2. The molecule has 0 saturated carbocycles. The van der Waals surface area contributed by atoms with Gasteiger partial charge in [0, 0.05) is 23.8 Å². The molecule has 140 valence electrons. The Bertz CT molecular complexity index is 954. The Morgan fingerprint density at radius 3 is 2.44 bits per heavy atom. The van der Waals surface area contributed by atoms with Gasteiger partial charge in [-0.05, 0) is 63.4 Å². The van der Waals surface area contributed by atoms with Gasteiger partial charge in [0.25, 0.3) is 0 Å². The molecule has 4 nitrogen and oxygen atoms in total. The fraction of sp³-hybridized carbons (Fsp3) is 0.273. The second kappa shape index (κ2) is 8.01. The van der Waals surface area contributed by atoms with Gasteiger partial charge in [-0.3, -0.25) is 9.36 Å². The van der Waals surface area contributed by atoms with Crippen LogP contribution in [0.3, 0.4) is 0 Å². The quantitative estimate of drug-likeness (QED) is 0.618. The van der Waals surface area contributed by atoms with Gasteiger partial charge < -0.3 is 5.32 Å². The average Bonchev–Trinajstić information content (AvgIpc) is 3.06. The first-order chi connectivity index (χ1) is 12.8. The highest BCUT2D eigenvalue weighted by Crippen LogP contribution is 2.27. The molecule has 1 aromatic heterocycles. The van der Waals surface area contributed by atoms with Crippen molar-refractivity contribution in [2.45, 2.75) is 45.0 Å². The van der Waals surface area contributed by atoms with E-state index in [2.05, 4.69) is 48.4 Å². The zero-order valence-corrected chi connectivity index (χ0v) is 17.2. The van der Waals surface area contributed by atoms with Gasteiger partial charge in [-0.1, -0.05) is 41.6 Å². The van der Waals surface area contributed by atoms with Crippen molar-refractivity contribution < 1.29 is 4.79 Å². The standard InChI is InChI=1S/C22H25N3OS/c1-14-7-6-8-19(13-14)25-10-9-23-22(25)27-18(5)21(26)24-20-16(3)11-15(2)12-17(20)4/h6-13,18H,1-5H3,(H,24,26)/t18-/m1/s1. The number of anilines is 1. The summed E-state index contributed by atoms with van der Waals surface area (Å²) in [7, 11) is 0. The number of hydrogen-bond donors (Lipinski definition) is 1. The molecule has 0 aliphatic carbocycles. The number of hydrogen-bond acceptors (Lipinski definition) is 3. The van der Waals surface area contributed by atoms with E-state index in [1.54, 1.807) is 6.20 Å². The molecule has 3 aromatic rings. The Balaban J connectivity index is 1.76. The summed E-state index contributed by atoms with van der Waals surface area (Å²) in [6.07, 6.45) is 3.69. The minimum atomic E-state index is -0.268. The molecule has 0 spiro atoms. The number of nitrogens with zero attached hydrogens (tertiary/aromatic N) is 2. The molecule has 1 N–H and O–H groups in total. The van der Waals surface area contributed by atoms with E-state index in [1.165, 1.54) is 22.9 Å². The number of nitrogens with one attached hydrogen (secondary N) is 1. The van der Waals surface area contributed by atoms with Crippen molar-refractivity contribution in [2.24, 2.45) is 0 Å². The lowest BCUT2D eigenvalue weighted by Crippen LogP contribution is -2.23. The maximum Gasteiger partial charge on any atom is 0.237 e. The van der Waals surface area contributed by atoms with Crippen molar-refractivity contribution in [1.29, 1.82) is 0 Å². The van der Waals surface area contributed by atoms with Crippen LogP contribution in [0.25, 0.3) is 5.69 Å². The lowest BCUT2D eigenvalue weighted by atomic mass is 10.1. The summed E-state index contributed by atoms with van der Waals surface area (Å²) < 4.78 is 2.02. The summed E-state index contributed by atoms with van der Waals surface area (Å²) in [6, 6.07) is 12.4. The Labute approximate surface area is 165 Å². The zero-order chi connectivity index (χ0) is 19.6. The number of imidazole rings is 1. The first kappa shape index (κ1) is 19.2. The van der Waals surface area contributed by atoms with E-state index >= 15 is 0 Å². The lowest BCUT2D eigenvalue weighted by Gasteiger charge is -2.16. The molecular formula is C22H25N3OS. The molecule has 0 radical (unpaired) electrons. The van der Waals surface area contributed by atoms with Crippen LogP contribution in [0.15, 0.2) is 53.9 Å². The first-order valence-electron chi connectivity index (χ1n) is 9.01. The fourth-order valence-corrected chi connectivity index (χ4v) is 4.05. The molecule has 0 aliphatic heterocycles. The van der Waals surface area contributed by atoms with Gasteiger partial charge in [0.05, 0.1) is 5.25 Å². The van der Waals surface area contributed by atoms with Crippen LogP contribution >= 0.6 is 11.8 Å².